The fraction of sp³-hybridized carbons (Fsp3) is 0.424. The highest BCUT2D eigenvalue weighted by Crippen LogP contribution is 2.31. The lowest BCUT2D eigenvalue weighted by molar-refractivity contribution is -0.142. The molecule has 0 spiro atoms. The quantitative estimate of drug-likeness (QED) is 0.194. The zero-order valence-corrected chi connectivity index (χ0v) is 26.2. The van der Waals surface area contributed by atoms with Crippen LogP contribution in [0.4, 0.5) is 0 Å². The summed E-state index contributed by atoms with van der Waals surface area (Å²) in [5.41, 5.74) is 0.848. The summed E-state index contributed by atoms with van der Waals surface area (Å²) >= 11 is 0. The van der Waals surface area contributed by atoms with Crippen molar-refractivity contribution in [2.45, 2.75) is 64.1 Å². The number of aromatic nitrogens is 1. The minimum Gasteiger partial charge on any atom is -0.497 e. The molecule has 1 unspecified atom stereocenters. The van der Waals surface area contributed by atoms with Gasteiger partial charge in [-0.25, -0.2) is 0 Å². The summed E-state index contributed by atoms with van der Waals surface area (Å²) in [7, 11) is 3.03. The fourth-order valence-corrected chi connectivity index (χ4v) is 5.29. The zero-order chi connectivity index (χ0) is 32.7. The molecule has 12 nitrogen and oxygen atoms in total. The summed E-state index contributed by atoms with van der Waals surface area (Å²) in [6.45, 7) is 5.74. The van der Waals surface area contributed by atoms with E-state index in [4.69, 9.17) is 9.47 Å². The third kappa shape index (κ3) is 8.62. The Kier molecular flexibility index (Phi) is 10.5. The number of H-pyrrole nitrogens is 1. The number of hydrogen-bond acceptors (Lipinski definition) is 7. The first-order chi connectivity index (χ1) is 21.4. The molecule has 1 aromatic heterocycles. The van der Waals surface area contributed by atoms with Gasteiger partial charge >= 0.3 is 0 Å². The maximum Gasteiger partial charge on any atom is 0.290 e. The number of piperidine rings is 1. The number of methoxy groups -OCH3 is 2. The van der Waals surface area contributed by atoms with Crippen LogP contribution in [-0.2, 0) is 25.6 Å². The minimum absolute atomic E-state index is 0.0520. The van der Waals surface area contributed by atoms with Crippen molar-refractivity contribution in [1.82, 2.24) is 26.3 Å². The molecule has 240 valence electrons. The largest absolute Gasteiger partial charge is 0.497 e. The van der Waals surface area contributed by atoms with Gasteiger partial charge in [-0.3, -0.25) is 24.0 Å². The molecule has 12 heteroatoms. The molecule has 1 aliphatic rings. The molecule has 0 aliphatic carbocycles. The third-order valence-electron chi connectivity index (χ3n) is 7.54. The molecule has 1 aliphatic heterocycles. The van der Waals surface area contributed by atoms with E-state index in [1.165, 1.54) is 14.2 Å². The number of rotatable bonds is 12. The number of hydrogen-bond donors (Lipinski definition) is 5. The van der Waals surface area contributed by atoms with Crippen LogP contribution in [0.5, 0.6) is 11.5 Å². The normalized spacial score (nSPS) is 16.2. The van der Waals surface area contributed by atoms with Gasteiger partial charge in [-0.05, 0) is 51.7 Å². The van der Waals surface area contributed by atoms with Gasteiger partial charge in [0, 0.05) is 41.9 Å². The predicted molar refractivity (Wildman–Crippen MR) is 168 cm³/mol. The molecular weight excluding hydrogens is 578 g/mol. The van der Waals surface area contributed by atoms with Gasteiger partial charge in [0.25, 0.3) is 11.8 Å². The Labute approximate surface area is 262 Å². The molecular formula is C33H41N5O7. The van der Waals surface area contributed by atoms with Crippen LogP contribution in [0.1, 0.15) is 56.1 Å². The Bertz CT molecular complexity index is 1560. The van der Waals surface area contributed by atoms with Crippen LogP contribution in [0.2, 0.25) is 0 Å². The van der Waals surface area contributed by atoms with E-state index in [1.54, 1.807) is 39.0 Å². The van der Waals surface area contributed by atoms with Gasteiger partial charge in [-0.15, -0.1) is 0 Å². The van der Waals surface area contributed by atoms with E-state index in [2.05, 4.69) is 26.3 Å². The Morgan fingerprint density at radius 2 is 1.71 bits per heavy atom. The highest BCUT2D eigenvalue weighted by Gasteiger charge is 2.36. The van der Waals surface area contributed by atoms with Crippen LogP contribution in [0.3, 0.4) is 0 Å². The van der Waals surface area contributed by atoms with E-state index in [0.29, 0.717) is 41.8 Å². The fourth-order valence-electron chi connectivity index (χ4n) is 5.29. The van der Waals surface area contributed by atoms with Crippen LogP contribution >= 0.6 is 0 Å². The average Bonchev–Trinajstić information content (AvgIpc) is 3.44. The number of aromatic amines is 1. The van der Waals surface area contributed by atoms with Gasteiger partial charge in [-0.1, -0.05) is 30.3 Å². The first-order valence-corrected chi connectivity index (χ1v) is 14.9. The molecule has 4 rings (SSSR count). The lowest BCUT2D eigenvalue weighted by Crippen LogP contribution is -2.57. The monoisotopic (exact) mass is 619 g/mol. The van der Waals surface area contributed by atoms with Crippen molar-refractivity contribution >= 4 is 40.3 Å². The minimum atomic E-state index is -1.28. The Hall–Kier alpha value is -4.87. The number of nitrogens with one attached hydrogen (secondary N) is 5. The molecule has 1 fully saturated rings. The number of fused-ring (bicyclic) bond motifs is 1. The van der Waals surface area contributed by atoms with Crippen LogP contribution < -0.4 is 30.7 Å². The van der Waals surface area contributed by atoms with Crippen molar-refractivity contribution in [2.24, 2.45) is 5.92 Å². The molecule has 3 aromatic rings. The van der Waals surface area contributed by atoms with Crippen LogP contribution in [0.25, 0.3) is 10.9 Å². The van der Waals surface area contributed by atoms with Gasteiger partial charge in [0.05, 0.1) is 25.8 Å². The molecule has 2 aromatic carbocycles. The second-order valence-corrected chi connectivity index (χ2v) is 12.2. The summed E-state index contributed by atoms with van der Waals surface area (Å²) in [5, 5.41) is 11.6. The average molecular weight is 620 g/mol. The van der Waals surface area contributed by atoms with E-state index in [-0.39, 0.29) is 24.4 Å². The highest BCUT2D eigenvalue weighted by molar-refractivity contribution is 6.38. The molecule has 5 N–H and O–H groups in total. The number of benzene rings is 2. The second kappa shape index (κ2) is 14.3. The predicted octanol–water partition coefficient (Wildman–Crippen LogP) is 2.41. The topological polar surface area (TPSA) is 168 Å². The Morgan fingerprint density at radius 3 is 2.36 bits per heavy atom. The van der Waals surface area contributed by atoms with Crippen LogP contribution in [0, 0.1) is 5.92 Å². The smallest absolute Gasteiger partial charge is 0.290 e. The molecule has 3 atom stereocenters. The van der Waals surface area contributed by atoms with E-state index in [0.717, 1.165) is 5.56 Å². The summed E-state index contributed by atoms with van der Waals surface area (Å²) < 4.78 is 10.8. The SMILES string of the molecule is COc1cc(OC)c2cc(C(=O)N[C@@H](Cc3ccccc3)C(=O)NC(C[C@@H]3CCCNC3=O)C(=O)C(=O)NC(C)(C)C)[nH]c2c1. The van der Waals surface area contributed by atoms with Crippen molar-refractivity contribution in [2.75, 3.05) is 20.8 Å². The lowest BCUT2D eigenvalue weighted by atomic mass is 9.89. The molecule has 0 radical (unpaired) electrons. The number of carbonyl (C=O) groups is 5. The molecule has 1 saturated heterocycles. The zero-order valence-electron chi connectivity index (χ0n) is 26.2. The van der Waals surface area contributed by atoms with Crippen molar-refractivity contribution in [3.05, 3.63) is 59.8 Å². The van der Waals surface area contributed by atoms with Crippen LogP contribution in [0.15, 0.2) is 48.5 Å². The third-order valence-corrected chi connectivity index (χ3v) is 7.54. The maximum atomic E-state index is 13.9. The summed E-state index contributed by atoms with van der Waals surface area (Å²) in [4.78, 5) is 69.3. The van der Waals surface area contributed by atoms with Gasteiger partial charge in [0.2, 0.25) is 17.6 Å². The highest BCUT2D eigenvalue weighted by atomic mass is 16.5. The molecule has 2 heterocycles. The van der Waals surface area contributed by atoms with Crippen molar-refractivity contribution in [1.29, 1.82) is 0 Å². The number of ether oxygens (including phenoxy) is 2. The van der Waals surface area contributed by atoms with Crippen molar-refractivity contribution in [3.8, 4) is 11.5 Å². The van der Waals surface area contributed by atoms with E-state index >= 15 is 0 Å². The summed E-state index contributed by atoms with van der Waals surface area (Å²) in [5.74, 6) is -2.72. The molecule has 45 heavy (non-hydrogen) atoms. The van der Waals surface area contributed by atoms with Crippen LogP contribution in [-0.4, -0.2) is 72.8 Å². The summed E-state index contributed by atoms with van der Waals surface area (Å²) in [6.07, 6.45) is 1.29. The Balaban J connectivity index is 1.61. The molecule has 4 amide bonds. The van der Waals surface area contributed by atoms with Gasteiger partial charge in [0.1, 0.15) is 23.2 Å². The Morgan fingerprint density at radius 1 is 0.978 bits per heavy atom. The van der Waals surface area contributed by atoms with Gasteiger partial charge in [0.15, 0.2) is 0 Å². The maximum absolute atomic E-state index is 13.9. The van der Waals surface area contributed by atoms with Gasteiger partial charge in [-0.2, -0.15) is 0 Å². The van der Waals surface area contributed by atoms with E-state index in [1.807, 2.05) is 30.3 Å². The lowest BCUT2D eigenvalue weighted by Gasteiger charge is -2.28. The van der Waals surface area contributed by atoms with E-state index < -0.39 is 47.0 Å². The van der Waals surface area contributed by atoms with E-state index in [9.17, 15) is 24.0 Å². The second-order valence-electron chi connectivity index (χ2n) is 12.2. The van der Waals surface area contributed by atoms with Gasteiger partial charge < -0.3 is 35.7 Å². The standard InChI is InChI=1S/C33H41N5O7/c1-33(2,3)38-32(43)28(39)24(15-20-12-9-13-34-29(20)40)36-30(41)25(14-19-10-7-6-8-11-19)37-31(42)26-18-22-23(35-26)16-21(44-4)17-27(22)45-5/h6-8,10-11,16-18,20,24-25,35H,9,12-15H2,1-5H3,(H,34,40)(H,36,41)(H,37,42)(H,38,43)/t20-,24?,25-/m0/s1. The number of carbonyl (C=O) groups excluding carboxylic acids is 5. The van der Waals surface area contributed by atoms with Crippen molar-refractivity contribution < 1.29 is 33.4 Å². The van der Waals surface area contributed by atoms with Crippen molar-refractivity contribution in [3.63, 3.8) is 0 Å². The summed E-state index contributed by atoms with van der Waals surface area (Å²) in [6, 6.07) is 11.7. The number of amides is 4. The molecule has 0 saturated carbocycles. The molecule has 0 bridgehead atoms. The first kappa shape index (κ1) is 33.0. The number of ketones is 1. The first-order valence-electron chi connectivity index (χ1n) is 14.9. The number of Topliss-reactive ketones (excluding diaryl/α,β-unsaturated/α-hetero) is 1.